The highest BCUT2D eigenvalue weighted by molar-refractivity contribution is 7.91. The Hall–Kier alpha value is -1.66. The molecule has 0 fully saturated rings. The Balaban J connectivity index is 2.25. The summed E-state index contributed by atoms with van der Waals surface area (Å²) in [6.45, 7) is 1.64. The molecule has 0 radical (unpaired) electrons. The molecule has 0 saturated carbocycles. The summed E-state index contributed by atoms with van der Waals surface area (Å²) in [6, 6.07) is 6.12. The predicted molar refractivity (Wildman–Crippen MR) is 78.2 cm³/mol. The molecule has 1 N–H and O–H groups in total. The largest absolute Gasteiger partial charge is 0.478 e. The number of aryl methyl sites for hydroxylation is 2. The predicted octanol–water partition coefficient (Wildman–Crippen LogP) is 2.77. The van der Waals surface area contributed by atoms with Crippen molar-refractivity contribution in [1.29, 1.82) is 0 Å². The summed E-state index contributed by atoms with van der Waals surface area (Å²) < 4.78 is 24.4. The van der Waals surface area contributed by atoms with Gasteiger partial charge < -0.3 is 5.11 Å². The number of aromatic carboxylic acids is 1. The molecule has 0 bridgehead atoms. The number of hydrogen-bond donors (Lipinski definition) is 1. The Labute approximate surface area is 121 Å². The molecule has 0 aliphatic rings. The lowest BCUT2D eigenvalue weighted by molar-refractivity contribution is 0.0696. The highest BCUT2D eigenvalue weighted by atomic mass is 32.2. The number of hydrogen-bond acceptors (Lipinski definition) is 4. The van der Waals surface area contributed by atoms with Gasteiger partial charge in [0.1, 0.15) is 0 Å². The molecule has 1 aromatic carbocycles. The van der Waals surface area contributed by atoms with Crippen molar-refractivity contribution in [3.63, 3.8) is 0 Å². The second-order valence-electron chi connectivity index (χ2n) is 4.48. The summed E-state index contributed by atoms with van der Waals surface area (Å²) in [5.41, 5.74) is 1.56. The van der Waals surface area contributed by atoms with Crippen LogP contribution >= 0.6 is 11.3 Å². The van der Waals surface area contributed by atoms with Crippen LogP contribution in [0.25, 0.3) is 0 Å². The number of carbonyl (C=O) groups is 1. The molecule has 2 rings (SSSR count). The van der Waals surface area contributed by atoms with E-state index in [4.69, 9.17) is 5.11 Å². The van der Waals surface area contributed by atoms with Crippen LogP contribution in [0.3, 0.4) is 0 Å². The highest BCUT2D eigenvalue weighted by Gasteiger charge is 2.18. The summed E-state index contributed by atoms with van der Waals surface area (Å²) in [5, 5.41) is 12.9. The van der Waals surface area contributed by atoms with Crippen LogP contribution in [-0.4, -0.2) is 25.2 Å². The van der Waals surface area contributed by atoms with Gasteiger partial charge >= 0.3 is 5.97 Å². The molecule has 1 heterocycles. The Morgan fingerprint density at radius 2 is 2.05 bits per heavy atom. The number of carboxylic acids is 1. The molecule has 0 atom stereocenters. The monoisotopic (exact) mass is 310 g/mol. The molecule has 20 heavy (non-hydrogen) atoms. The van der Waals surface area contributed by atoms with Crippen molar-refractivity contribution in [3.05, 3.63) is 51.7 Å². The van der Waals surface area contributed by atoms with Crippen molar-refractivity contribution in [1.82, 2.24) is 0 Å². The van der Waals surface area contributed by atoms with Gasteiger partial charge in [-0.3, -0.25) is 0 Å². The van der Waals surface area contributed by atoms with Crippen molar-refractivity contribution < 1.29 is 18.3 Å². The molecule has 1 aromatic heterocycles. The summed E-state index contributed by atoms with van der Waals surface area (Å²) in [5.74, 6) is -1.14. The first-order valence-corrected chi connectivity index (χ1v) is 8.57. The van der Waals surface area contributed by atoms with Crippen LogP contribution in [0.1, 0.15) is 21.5 Å². The Morgan fingerprint density at radius 1 is 1.30 bits per heavy atom. The fourth-order valence-electron chi connectivity index (χ4n) is 1.83. The molecule has 2 aromatic rings. The maximum atomic E-state index is 12.2. The SMILES string of the molecule is Cc1ccc(S(=O)(=O)CCc2ccsc2)cc1C(=O)O. The van der Waals surface area contributed by atoms with Crippen molar-refractivity contribution in [3.8, 4) is 0 Å². The van der Waals surface area contributed by atoms with E-state index in [0.29, 0.717) is 12.0 Å². The molecule has 106 valence electrons. The van der Waals surface area contributed by atoms with Crippen molar-refractivity contribution >= 4 is 27.1 Å². The fraction of sp³-hybridized carbons (Fsp3) is 0.214. The van der Waals surface area contributed by atoms with Crippen LogP contribution in [0, 0.1) is 6.92 Å². The minimum atomic E-state index is -3.47. The van der Waals surface area contributed by atoms with E-state index in [1.54, 1.807) is 6.92 Å². The standard InChI is InChI=1S/C14H14O4S2/c1-10-2-3-12(8-13(10)14(15)16)20(17,18)7-5-11-4-6-19-9-11/h2-4,6,8-9H,5,7H2,1H3,(H,15,16). The average molecular weight is 310 g/mol. The van der Waals surface area contributed by atoms with Gasteiger partial charge in [-0.1, -0.05) is 6.07 Å². The molecular weight excluding hydrogens is 296 g/mol. The first-order chi connectivity index (χ1) is 9.40. The third kappa shape index (κ3) is 3.26. The number of rotatable bonds is 5. The summed E-state index contributed by atoms with van der Waals surface area (Å²) in [7, 11) is -3.47. The molecule has 0 aliphatic heterocycles. The number of carboxylic acid groups (broad SMARTS) is 1. The zero-order valence-corrected chi connectivity index (χ0v) is 12.5. The minimum Gasteiger partial charge on any atom is -0.478 e. The molecule has 0 unspecified atom stereocenters. The third-order valence-corrected chi connectivity index (χ3v) is 5.48. The molecule has 0 saturated heterocycles. The van der Waals surface area contributed by atoms with Gasteiger partial charge in [0.05, 0.1) is 16.2 Å². The van der Waals surface area contributed by atoms with Crippen LogP contribution < -0.4 is 0 Å². The second-order valence-corrected chi connectivity index (χ2v) is 7.37. The molecule has 0 aliphatic carbocycles. The first-order valence-electron chi connectivity index (χ1n) is 5.98. The van der Waals surface area contributed by atoms with Gasteiger partial charge in [0.15, 0.2) is 9.84 Å². The Bertz CT molecular complexity index is 716. The van der Waals surface area contributed by atoms with E-state index in [2.05, 4.69) is 0 Å². The van der Waals surface area contributed by atoms with Gasteiger partial charge in [0.25, 0.3) is 0 Å². The summed E-state index contributed by atoms with van der Waals surface area (Å²) >= 11 is 1.52. The highest BCUT2D eigenvalue weighted by Crippen LogP contribution is 2.18. The smallest absolute Gasteiger partial charge is 0.335 e. The molecule has 0 spiro atoms. The number of benzene rings is 1. The summed E-state index contributed by atoms with van der Waals surface area (Å²) in [4.78, 5) is 11.1. The normalized spacial score (nSPS) is 11.4. The van der Waals surface area contributed by atoms with Gasteiger partial charge in [-0.15, -0.1) is 0 Å². The maximum absolute atomic E-state index is 12.2. The van der Waals surface area contributed by atoms with Crippen molar-refractivity contribution in [2.45, 2.75) is 18.2 Å². The molecule has 4 nitrogen and oxygen atoms in total. The van der Waals surface area contributed by atoms with E-state index in [1.165, 1.54) is 29.5 Å². The minimum absolute atomic E-state index is 0.0220. The topological polar surface area (TPSA) is 71.4 Å². The maximum Gasteiger partial charge on any atom is 0.335 e. The van der Waals surface area contributed by atoms with E-state index in [-0.39, 0.29) is 16.2 Å². The fourth-order valence-corrected chi connectivity index (χ4v) is 3.85. The van der Waals surface area contributed by atoms with Crippen LogP contribution in [0.2, 0.25) is 0 Å². The van der Waals surface area contributed by atoms with E-state index in [9.17, 15) is 13.2 Å². The average Bonchev–Trinajstić information content (AvgIpc) is 2.89. The van der Waals surface area contributed by atoms with Gasteiger partial charge in [-0.2, -0.15) is 11.3 Å². The van der Waals surface area contributed by atoms with Crippen LogP contribution in [-0.2, 0) is 16.3 Å². The Morgan fingerprint density at radius 3 is 2.65 bits per heavy atom. The van der Waals surface area contributed by atoms with Crippen LogP contribution in [0.4, 0.5) is 0 Å². The third-order valence-electron chi connectivity index (χ3n) is 3.04. The van der Waals surface area contributed by atoms with Gasteiger partial charge in [-0.25, -0.2) is 13.2 Å². The van der Waals surface area contributed by atoms with E-state index >= 15 is 0 Å². The lowest BCUT2D eigenvalue weighted by Crippen LogP contribution is -2.11. The zero-order chi connectivity index (χ0) is 14.8. The number of sulfone groups is 1. The van der Waals surface area contributed by atoms with Crippen molar-refractivity contribution in [2.75, 3.05) is 5.75 Å². The summed E-state index contributed by atoms with van der Waals surface area (Å²) in [6.07, 6.45) is 0.433. The van der Waals surface area contributed by atoms with E-state index in [0.717, 1.165) is 5.56 Å². The zero-order valence-electron chi connectivity index (χ0n) is 10.9. The van der Waals surface area contributed by atoms with Crippen LogP contribution in [0.15, 0.2) is 39.9 Å². The molecule has 6 heteroatoms. The van der Waals surface area contributed by atoms with Gasteiger partial charge in [0, 0.05) is 0 Å². The lowest BCUT2D eigenvalue weighted by atomic mass is 10.1. The van der Waals surface area contributed by atoms with Crippen LogP contribution in [0.5, 0.6) is 0 Å². The van der Waals surface area contributed by atoms with Crippen molar-refractivity contribution in [2.24, 2.45) is 0 Å². The van der Waals surface area contributed by atoms with Gasteiger partial charge in [0.2, 0.25) is 0 Å². The Kier molecular flexibility index (Phi) is 4.25. The van der Waals surface area contributed by atoms with E-state index in [1.807, 2.05) is 16.8 Å². The second kappa shape index (κ2) is 5.76. The molecule has 0 amide bonds. The van der Waals surface area contributed by atoms with E-state index < -0.39 is 15.8 Å². The quantitative estimate of drug-likeness (QED) is 0.921. The van der Waals surface area contributed by atoms with Gasteiger partial charge in [-0.05, 0) is 53.4 Å². The first kappa shape index (κ1) is 14.7. The number of thiophene rings is 1. The molecular formula is C14H14O4S2. The lowest BCUT2D eigenvalue weighted by Gasteiger charge is -2.07.